The van der Waals surface area contributed by atoms with Crippen LogP contribution in [0.15, 0.2) is 53.7 Å². The number of benzene rings is 2. The Morgan fingerprint density at radius 2 is 1.91 bits per heavy atom. The first-order valence-electron chi connectivity index (χ1n) is 10.0. The molecule has 0 atom stereocenters. The summed E-state index contributed by atoms with van der Waals surface area (Å²) in [7, 11) is 0. The number of amides is 1. The third kappa shape index (κ3) is 6.24. The number of ether oxygens (including phenoxy) is 2. The summed E-state index contributed by atoms with van der Waals surface area (Å²) < 4.78 is 12.6. The molecule has 0 fully saturated rings. The van der Waals surface area contributed by atoms with E-state index < -0.39 is 5.97 Å². The van der Waals surface area contributed by atoms with Crippen LogP contribution in [0.4, 0.5) is 5.69 Å². The topological polar surface area (TPSA) is 95.3 Å². The van der Waals surface area contributed by atoms with Gasteiger partial charge in [0.25, 0.3) is 0 Å². The second-order valence-electron chi connectivity index (χ2n) is 6.50. The minimum Gasteiger partial charge on any atom is -0.486 e. The van der Waals surface area contributed by atoms with E-state index in [0.717, 1.165) is 5.75 Å². The van der Waals surface area contributed by atoms with Gasteiger partial charge in [0.15, 0.2) is 11.0 Å². The molecule has 1 N–H and O–H groups in total. The van der Waals surface area contributed by atoms with Crippen molar-refractivity contribution in [3.8, 4) is 5.75 Å². The molecule has 10 heteroatoms. The minimum atomic E-state index is -0.477. The summed E-state index contributed by atoms with van der Waals surface area (Å²) in [4.78, 5) is 24.4. The zero-order chi connectivity index (χ0) is 22.9. The number of para-hydroxylation sites is 1. The summed E-state index contributed by atoms with van der Waals surface area (Å²) in [6.45, 7) is 4.87. The molecule has 0 bridgehead atoms. The van der Waals surface area contributed by atoms with Crippen LogP contribution < -0.4 is 10.1 Å². The van der Waals surface area contributed by atoms with Gasteiger partial charge in [-0.2, -0.15) is 0 Å². The largest absolute Gasteiger partial charge is 0.486 e. The number of rotatable bonds is 10. The van der Waals surface area contributed by atoms with Crippen molar-refractivity contribution < 1.29 is 19.1 Å². The zero-order valence-corrected chi connectivity index (χ0v) is 19.3. The predicted molar refractivity (Wildman–Crippen MR) is 123 cm³/mol. The lowest BCUT2D eigenvalue weighted by Crippen LogP contribution is -2.16. The average molecular weight is 475 g/mol. The van der Waals surface area contributed by atoms with Gasteiger partial charge in [-0.25, -0.2) is 4.79 Å². The molecule has 0 saturated heterocycles. The fraction of sp³-hybridized carbons (Fsp3) is 0.273. The van der Waals surface area contributed by atoms with E-state index in [1.165, 1.54) is 17.8 Å². The van der Waals surface area contributed by atoms with Crippen LogP contribution in [0.25, 0.3) is 0 Å². The monoisotopic (exact) mass is 474 g/mol. The van der Waals surface area contributed by atoms with Gasteiger partial charge < -0.3 is 19.4 Å². The lowest BCUT2D eigenvalue weighted by Gasteiger charge is -2.10. The molecule has 0 unspecified atom stereocenters. The highest BCUT2D eigenvalue weighted by Gasteiger charge is 2.15. The first-order chi connectivity index (χ1) is 15.5. The second kappa shape index (κ2) is 11.5. The van der Waals surface area contributed by atoms with Crippen LogP contribution in [0.5, 0.6) is 5.75 Å². The molecule has 0 spiro atoms. The van der Waals surface area contributed by atoms with Crippen molar-refractivity contribution in [2.45, 2.75) is 32.2 Å². The number of halogens is 1. The van der Waals surface area contributed by atoms with E-state index >= 15 is 0 Å². The normalized spacial score (nSPS) is 10.6. The van der Waals surface area contributed by atoms with Gasteiger partial charge in [0, 0.05) is 6.54 Å². The second-order valence-corrected chi connectivity index (χ2v) is 7.85. The number of thioether (sulfide) groups is 1. The Bertz CT molecular complexity index is 1080. The van der Waals surface area contributed by atoms with Gasteiger partial charge in [0.1, 0.15) is 12.4 Å². The maximum atomic E-state index is 12.5. The lowest BCUT2D eigenvalue weighted by atomic mass is 10.2. The molecule has 3 aromatic rings. The quantitative estimate of drug-likeness (QED) is 0.343. The summed E-state index contributed by atoms with van der Waals surface area (Å²) in [6.07, 6.45) is 0. The minimum absolute atomic E-state index is 0.0949. The van der Waals surface area contributed by atoms with E-state index in [9.17, 15) is 9.59 Å². The van der Waals surface area contributed by atoms with E-state index in [-0.39, 0.29) is 24.9 Å². The van der Waals surface area contributed by atoms with Gasteiger partial charge in [-0.1, -0.05) is 41.6 Å². The van der Waals surface area contributed by atoms with Gasteiger partial charge in [0.2, 0.25) is 5.91 Å². The SMILES string of the molecule is CCOC(=O)c1ccc(Cl)c(NC(=O)CSc2nnc(COc3ccccc3)n2CC)c1. The fourth-order valence-corrected chi connectivity index (χ4v) is 3.78. The van der Waals surface area contributed by atoms with E-state index in [2.05, 4.69) is 15.5 Å². The molecular weight excluding hydrogens is 452 g/mol. The Labute approximate surface area is 195 Å². The van der Waals surface area contributed by atoms with Crippen molar-refractivity contribution in [2.24, 2.45) is 0 Å². The zero-order valence-electron chi connectivity index (χ0n) is 17.7. The molecule has 168 valence electrons. The van der Waals surface area contributed by atoms with Crippen LogP contribution in [0.1, 0.15) is 30.0 Å². The van der Waals surface area contributed by atoms with Gasteiger partial charge in [-0.15, -0.1) is 10.2 Å². The number of anilines is 1. The number of hydrogen-bond acceptors (Lipinski definition) is 7. The summed E-state index contributed by atoms with van der Waals surface area (Å²) in [5.74, 6) is 0.747. The highest BCUT2D eigenvalue weighted by molar-refractivity contribution is 7.99. The van der Waals surface area contributed by atoms with Crippen molar-refractivity contribution in [2.75, 3.05) is 17.7 Å². The van der Waals surface area contributed by atoms with E-state index in [4.69, 9.17) is 21.1 Å². The van der Waals surface area contributed by atoms with Gasteiger partial charge >= 0.3 is 5.97 Å². The number of esters is 1. The number of aromatic nitrogens is 3. The molecule has 0 radical (unpaired) electrons. The maximum absolute atomic E-state index is 12.5. The van der Waals surface area contributed by atoms with Crippen molar-refractivity contribution >= 4 is 40.9 Å². The molecule has 1 heterocycles. The summed E-state index contributed by atoms with van der Waals surface area (Å²) in [6, 6.07) is 14.0. The smallest absolute Gasteiger partial charge is 0.338 e. The number of hydrogen-bond donors (Lipinski definition) is 1. The van der Waals surface area contributed by atoms with Gasteiger partial charge in [-0.3, -0.25) is 4.79 Å². The summed E-state index contributed by atoms with van der Waals surface area (Å²) in [5.41, 5.74) is 0.657. The predicted octanol–water partition coefficient (Wildman–Crippen LogP) is 4.44. The summed E-state index contributed by atoms with van der Waals surface area (Å²) >= 11 is 7.41. The first-order valence-corrected chi connectivity index (χ1v) is 11.4. The molecule has 0 aliphatic heterocycles. The molecule has 3 rings (SSSR count). The van der Waals surface area contributed by atoms with Gasteiger partial charge in [0.05, 0.1) is 28.6 Å². The number of nitrogens with zero attached hydrogens (tertiary/aromatic N) is 3. The fourth-order valence-electron chi connectivity index (χ4n) is 2.79. The van der Waals surface area contributed by atoms with E-state index in [1.807, 2.05) is 41.8 Å². The van der Waals surface area contributed by atoms with Crippen LogP contribution >= 0.6 is 23.4 Å². The van der Waals surface area contributed by atoms with Crippen LogP contribution in [0.3, 0.4) is 0 Å². The lowest BCUT2D eigenvalue weighted by molar-refractivity contribution is -0.113. The molecular formula is C22H23ClN4O4S. The van der Waals surface area contributed by atoms with Crippen molar-refractivity contribution in [1.82, 2.24) is 14.8 Å². The summed E-state index contributed by atoms with van der Waals surface area (Å²) in [5, 5.41) is 12.0. The molecule has 0 saturated carbocycles. The van der Waals surface area contributed by atoms with Crippen LogP contribution in [0.2, 0.25) is 5.02 Å². The Morgan fingerprint density at radius 3 is 2.62 bits per heavy atom. The number of nitrogens with one attached hydrogen (secondary N) is 1. The van der Waals surface area contributed by atoms with Crippen molar-refractivity contribution in [3.63, 3.8) is 0 Å². The van der Waals surface area contributed by atoms with Crippen molar-refractivity contribution in [1.29, 1.82) is 0 Å². The highest BCUT2D eigenvalue weighted by Crippen LogP contribution is 2.25. The Balaban J connectivity index is 1.60. The third-order valence-electron chi connectivity index (χ3n) is 4.30. The average Bonchev–Trinajstić information content (AvgIpc) is 3.20. The molecule has 1 amide bonds. The first kappa shape index (κ1) is 23.6. The molecule has 8 nitrogen and oxygen atoms in total. The molecule has 0 aliphatic carbocycles. The molecule has 2 aromatic carbocycles. The maximum Gasteiger partial charge on any atom is 0.338 e. The Kier molecular flexibility index (Phi) is 8.52. The number of carbonyl (C=O) groups is 2. The van der Waals surface area contributed by atoms with E-state index in [1.54, 1.807) is 19.1 Å². The van der Waals surface area contributed by atoms with E-state index in [0.29, 0.717) is 33.8 Å². The molecule has 1 aromatic heterocycles. The Morgan fingerprint density at radius 1 is 1.12 bits per heavy atom. The Hall–Kier alpha value is -3.04. The molecule has 0 aliphatic rings. The highest BCUT2D eigenvalue weighted by atomic mass is 35.5. The van der Waals surface area contributed by atoms with Crippen LogP contribution in [0, 0.1) is 0 Å². The van der Waals surface area contributed by atoms with Crippen LogP contribution in [-0.2, 0) is 22.7 Å². The van der Waals surface area contributed by atoms with Crippen molar-refractivity contribution in [3.05, 3.63) is 64.9 Å². The van der Waals surface area contributed by atoms with Gasteiger partial charge in [-0.05, 0) is 44.2 Å². The third-order valence-corrected chi connectivity index (χ3v) is 5.60. The molecule has 32 heavy (non-hydrogen) atoms. The standard InChI is InChI=1S/C22H23ClN4O4S/c1-3-27-19(13-31-16-8-6-5-7-9-16)25-26-22(27)32-14-20(28)24-18-12-15(10-11-17(18)23)21(29)30-4-2/h5-12H,3-4,13-14H2,1-2H3,(H,24,28). The number of carbonyl (C=O) groups excluding carboxylic acids is 2. The van der Waals surface area contributed by atoms with Crippen LogP contribution in [-0.4, -0.2) is 39.0 Å².